The van der Waals surface area contributed by atoms with Gasteiger partial charge in [-0.25, -0.2) is 4.98 Å². The number of rotatable bonds is 5. The predicted molar refractivity (Wildman–Crippen MR) is 125 cm³/mol. The Hall–Kier alpha value is -4.45. The second-order valence-corrected chi connectivity index (χ2v) is 7.43. The molecule has 0 fully saturated rings. The van der Waals surface area contributed by atoms with Gasteiger partial charge in [-0.05, 0) is 55.0 Å². The van der Waals surface area contributed by atoms with Crippen molar-refractivity contribution >= 4 is 22.6 Å². The van der Waals surface area contributed by atoms with Crippen LogP contribution in [0.5, 0.6) is 11.5 Å². The quantitative estimate of drug-likeness (QED) is 0.367. The number of benzene rings is 2. The lowest BCUT2D eigenvalue weighted by Gasteiger charge is -2.09. The first-order valence-corrected chi connectivity index (χ1v) is 10.2. The first-order chi connectivity index (χ1) is 15.7. The molecule has 156 valence electrons. The molecule has 0 radical (unpaired) electrons. The smallest absolute Gasteiger partial charge is 0.274 e. The van der Waals surface area contributed by atoms with Crippen molar-refractivity contribution in [3.05, 3.63) is 103 Å². The van der Waals surface area contributed by atoms with Crippen LogP contribution in [-0.2, 0) is 0 Å². The fraction of sp³-hybridized carbons (Fsp3) is 0.0385. The second kappa shape index (κ2) is 8.35. The topological polar surface area (TPSA) is 79.9 Å². The minimum Gasteiger partial charge on any atom is -0.457 e. The summed E-state index contributed by atoms with van der Waals surface area (Å²) in [5.41, 5.74) is 5.02. The van der Waals surface area contributed by atoms with Gasteiger partial charge in [-0.2, -0.15) is 0 Å². The molecule has 0 saturated heterocycles. The van der Waals surface area contributed by atoms with Crippen LogP contribution in [0, 0.1) is 6.92 Å². The fourth-order valence-corrected chi connectivity index (χ4v) is 3.40. The van der Waals surface area contributed by atoms with Gasteiger partial charge in [0.05, 0.1) is 5.39 Å². The van der Waals surface area contributed by atoms with Crippen LogP contribution < -0.4 is 10.1 Å². The molecule has 3 aromatic heterocycles. The molecule has 0 aliphatic heterocycles. The molecule has 6 nitrogen and oxygen atoms in total. The summed E-state index contributed by atoms with van der Waals surface area (Å²) < 4.78 is 5.97. The van der Waals surface area contributed by atoms with E-state index in [9.17, 15) is 4.79 Å². The zero-order chi connectivity index (χ0) is 21.9. The Labute approximate surface area is 184 Å². The number of aromatic nitrogens is 3. The first kappa shape index (κ1) is 19.5. The van der Waals surface area contributed by atoms with Gasteiger partial charge >= 0.3 is 0 Å². The van der Waals surface area contributed by atoms with Crippen molar-refractivity contribution in [1.82, 2.24) is 15.0 Å². The molecule has 0 atom stereocenters. The van der Waals surface area contributed by atoms with Gasteiger partial charge in [0.2, 0.25) is 0 Å². The van der Waals surface area contributed by atoms with Crippen LogP contribution in [0.25, 0.3) is 22.2 Å². The second-order valence-electron chi connectivity index (χ2n) is 7.43. The highest BCUT2D eigenvalue weighted by molar-refractivity contribution is 6.03. The average Bonchev–Trinajstić information content (AvgIpc) is 3.31. The molecule has 0 saturated carbocycles. The van der Waals surface area contributed by atoms with Gasteiger partial charge in [-0.1, -0.05) is 35.9 Å². The molecular weight excluding hydrogens is 400 g/mol. The van der Waals surface area contributed by atoms with E-state index in [1.54, 1.807) is 30.6 Å². The molecule has 0 aliphatic carbocycles. The number of hydrogen-bond donors (Lipinski definition) is 2. The summed E-state index contributed by atoms with van der Waals surface area (Å²) >= 11 is 0. The number of ether oxygens (including phenoxy) is 1. The molecule has 0 spiro atoms. The first-order valence-electron chi connectivity index (χ1n) is 10.2. The Balaban J connectivity index is 1.25. The summed E-state index contributed by atoms with van der Waals surface area (Å²) in [6.07, 6.45) is 5.23. The van der Waals surface area contributed by atoms with E-state index in [1.165, 1.54) is 5.56 Å². The molecule has 5 rings (SSSR count). The lowest BCUT2D eigenvalue weighted by molar-refractivity contribution is 0.102. The van der Waals surface area contributed by atoms with Gasteiger partial charge in [-0.15, -0.1) is 0 Å². The SMILES string of the molecule is Cc1ccc(-c2ccc(C(=O)Nc3ccc(Oc4ccnc5[nH]ccc45)cc3)nc2)cc1. The van der Waals surface area contributed by atoms with E-state index in [2.05, 4.69) is 32.4 Å². The summed E-state index contributed by atoms with van der Waals surface area (Å²) in [4.78, 5) is 24.2. The minimum atomic E-state index is -0.266. The van der Waals surface area contributed by atoms with Crippen LogP contribution in [0.3, 0.4) is 0 Å². The number of fused-ring (bicyclic) bond motifs is 1. The maximum absolute atomic E-state index is 12.6. The minimum absolute atomic E-state index is 0.266. The number of nitrogens with one attached hydrogen (secondary N) is 2. The van der Waals surface area contributed by atoms with Gasteiger partial charge in [0.15, 0.2) is 0 Å². The zero-order valence-electron chi connectivity index (χ0n) is 17.4. The van der Waals surface area contributed by atoms with Crippen molar-refractivity contribution in [3.8, 4) is 22.6 Å². The number of H-pyrrole nitrogens is 1. The van der Waals surface area contributed by atoms with Crippen LogP contribution in [0.4, 0.5) is 5.69 Å². The van der Waals surface area contributed by atoms with Crippen molar-refractivity contribution < 1.29 is 9.53 Å². The third kappa shape index (κ3) is 4.06. The molecule has 0 bridgehead atoms. The van der Waals surface area contributed by atoms with Crippen LogP contribution in [0.2, 0.25) is 0 Å². The van der Waals surface area contributed by atoms with Gasteiger partial charge < -0.3 is 15.0 Å². The number of pyridine rings is 2. The van der Waals surface area contributed by atoms with E-state index in [1.807, 2.05) is 55.6 Å². The number of amides is 1. The summed E-state index contributed by atoms with van der Waals surface area (Å²) in [6.45, 7) is 2.05. The van der Waals surface area contributed by atoms with Gasteiger partial charge in [0.25, 0.3) is 5.91 Å². The maximum Gasteiger partial charge on any atom is 0.274 e. The third-order valence-corrected chi connectivity index (χ3v) is 5.14. The lowest BCUT2D eigenvalue weighted by Crippen LogP contribution is -2.13. The van der Waals surface area contributed by atoms with Crippen molar-refractivity contribution in [2.24, 2.45) is 0 Å². The number of carbonyl (C=O) groups excluding carboxylic acids is 1. The van der Waals surface area contributed by atoms with E-state index in [-0.39, 0.29) is 5.91 Å². The van der Waals surface area contributed by atoms with Crippen LogP contribution in [0.1, 0.15) is 16.1 Å². The fourth-order valence-electron chi connectivity index (χ4n) is 3.40. The molecule has 6 heteroatoms. The molecule has 3 heterocycles. The zero-order valence-corrected chi connectivity index (χ0v) is 17.4. The number of anilines is 1. The normalized spacial score (nSPS) is 10.8. The molecule has 5 aromatic rings. The number of hydrogen-bond acceptors (Lipinski definition) is 4. The van der Waals surface area contributed by atoms with Crippen LogP contribution >= 0.6 is 0 Å². The van der Waals surface area contributed by atoms with E-state index in [0.29, 0.717) is 22.9 Å². The maximum atomic E-state index is 12.6. The summed E-state index contributed by atoms with van der Waals surface area (Å²) in [5.74, 6) is 1.11. The lowest BCUT2D eigenvalue weighted by atomic mass is 10.1. The molecule has 1 amide bonds. The van der Waals surface area contributed by atoms with Gasteiger partial charge in [-0.3, -0.25) is 9.78 Å². The van der Waals surface area contributed by atoms with Crippen molar-refractivity contribution in [2.75, 3.05) is 5.32 Å². The largest absolute Gasteiger partial charge is 0.457 e. The highest BCUT2D eigenvalue weighted by Gasteiger charge is 2.09. The Kier molecular flexibility index (Phi) is 5.09. The molecule has 2 N–H and O–H groups in total. The van der Waals surface area contributed by atoms with Crippen molar-refractivity contribution in [2.45, 2.75) is 6.92 Å². The third-order valence-electron chi connectivity index (χ3n) is 5.14. The Morgan fingerprint density at radius 1 is 0.875 bits per heavy atom. The molecule has 32 heavy (non-hydrogen) atoms. The average molecular weight is 420 g/mol. The van der Waals surface area contributed by atoms with Crippen molar-refractivity contribution in [1.29, 1.82) is 0 Å². The standard InChI is InChI=1S/C26H20N4O2/c1-17-2-4-18(5-3-17)19-6-11-23(29-16-19)26(31)30-20-7-9-21(10-8-20)32-24-13-15-28-25-22(24)12-14-27-25/h2-16H,1H3,(H,27,28)(H,30,31). The van der Waals surface area contributed by atoms with E-state index in [4.69, 9.17) is 4.74 Å². The summed E-state index contributed by atoms with van der Waals surface area (Å²) in [7, 11) is 0. The highest BCUT2D eigenvalue weighted by Crippen LogP contribution is 2.29. The van der Waals surface area contributed by atoms with E-state index < -0.39 is 0 Å². The number of aryl methyl sites for hydroxylation is 1. The molecular formula is C26H20N4O2. The van der Waals surface area contributed by atoms with Gasteiger partial charge in [0, 0.05) is 29.8 Å². The van der Waals surface area contributed by atoms with E-state index >= 15 is 0 Å². The van der Waals surface area contributed by atoms with E-state index in [0.717, 1.165) is 22.2 Å². The highest BCUT2D eigenvalue weighted by atomic mass is 16.5. The summed E-state index contributed by atoms with van der Waals surface area (Å²) in [5, 5.41) is 3.78. The van der Waals surface area contributed by atoms with Crippen molar-refractivity contribution in [3.63, 3.8) is 0 Å². The molecule has 2 aromatic carbocycles. The number of aromatic amines is 1. The monoisotopic (exact) mass is 420 g/mol. The Morgan fingerprint density at radius 3 is 2.41 bits per heavy atom. The van der Waals surface area contributed by atoms with Crippen LogP contribution in [-0.4, -0.2) is 20.9 Å². The number of nitrogens with zero attached hydrogens (tertiary/aromatic N) is 2. The molecule has 0 aliphatic rings. The Morgan fingerprint density at radius 2 is 1.66 bits per heavy atom. The summed E-state index contributed by atoms with van der Waals surface area (Å²) in [6, 6.07) is 22.8. The van der Waals surface area contributed by atoms with Gasteiger partial charge in [0.1, 0.15) is 22.8 Å². The predicted octanol–water partition coefficient (Wildman–Crippen LogP) is 5.98. The number of carbonyl (C=O) groups is 1. The molecule has 0 unspecified atom stereocenters. The van der Waals surface area contributed by atoms with Crippen LogP contribution in [0.15, 0.2) is 91.4 Å². The Bertz CT molecular complexity index is 1370.